The van der Waals surface area contributed by atoms with Crippen molar-refractivity contribution in [2.24, 2.45) is 5.92 Å². The third kappa shape index (κ3) is 2.54. The Morgan fingerprint density at radius 2 is 1.89 bits per heavy atom. The summed E-state index contributed by atoms with van der Waals surface area (Å²) in [6, 6.07) is 21.2. The molecule has 1 N–H and O–H groups in total. The van der Waals surface area contributed by atoms with E-state index >= 15 is 0 Å². The number of carbonyl (C=O) groups is 1. The summed E-state index contributed by atoms with van der Waals surface area (Å²) in [4.78, 5) is 12.0. The Balaban J connectivity index is 1.62. The Hall–Kier alpha value is -3.07. The zero-order valence-electron chi connectivity index (χ0n) is 15.2. The number of methoxy groups -OCH3 is 1. The molecule has 5 rings (SSSR count). The van der Waals surface area contributed by atoms with Crippen molar-refractivity contribution < 1.29 is 9.53 Å². The van der Waals surface area contributed by atoms with Gasteiger partial charge in [0, 0.05) is 11.6 Å². The summed E-state index contributed by atoms with van der Waals surface area (Å²) in [6.07, 6.45) is 5.60. The fourth-order valence-electron chi connectivity index (χ4n) is 4.67. The van der Waals surface area contributed by atoms with Gasteiger partial charge in [0.1, 0.15) is 0 Å². The molecule has 0 aromatic heterocycles. The molecule has 1 heterocycles. The molecule has 134 valence electrons. The molecule has 0 bridgehead atoms. The molecule has 3 aromatic carbocycles. The zero-order valence-corrected chi connectivity index (χ0v) is 15.2. The van der Waals surface area contributed by atoms with Crippen LogP contribution in [0.1, 0.15) is 39.9 Å². The van der Waals surface area contributed by atoms with Gasteiger partial charge in [-0.05, 0) is 52.4 Å². The smallest absolute Gasteiger partial charge is 0.337 e. The summed E-state index contributed by atoms with van der Waals surface area (Å²) in [5.74, 6) is 0.471. The summed E-state index contributed by atoms with van der Waals surface area (Å²) >= 11 is 0. The molecule has 0 radical (unpaired) electrons. The van der Waals surface area contributed by atoms with Crippen molar-refractivity contribution in [2.45, 2.75) is 18.4 Å². The van der Waals surface area contributed by atoms with Crippen LogP contribution in [0.15, 0.2) is 72.8 Å². The maximum absolute atomic E-state index is 12.0. The van der Waals surface area contributed by atoms with E-state index in [-0.39, 0.29) is 12.0 Å². The molecule has 1 aliphatic carbocycles. The predicted octanol–water partition coefficient (Wildman–Crippen LogP) is 5.45. The molecule has 0 unspecified atom stereocenters. The number of fused-ring (bicyclic) bond motifs is 4. The van der Waals surface area contributed by atoms with Crippen molar-refractivity contribution in [1.29, 1.82) is 0 Å². The molecule has 3 heteroatoms. The third-order valence-corrected chi connectivity index (χ3v) is 5.94. The molecule has 3 atom stereocenters. The first-order chi connectivity index (χ1) is 13.3. The van der Waals surface area contributed by atoms with E-state index in [0.29, 0.717) is 17.4 Å². The molecule has 0 saturated carbocycles. The lowest BCUT2D eigenvalue weighted by Gasteiger charge is -2.38. The van der Waals surface area contributed by atoms with Crippen LogP contribution in [0.3, 0.4) is 0 Å². The molecule has 0 saturated heterocycles. The van der Waals surface area contributed by atoms with Crippen molar-refractivity contribution in [1.82, 2.24) is 0 Å². The van der Waals surface area contributed by atoms with E-state index < -0.39 is 0 Å². The first-order valence-electron chi connectivity index (χ1n) is 9.39. The second-order valence-corrected chi connectivity index (χ2v) is 7.34. The maximum Gasteiger partial charge on any atom is 0.337 e. The summed E-state index contributed by atoms with van der Waals surface area (Å²) in [5.41, 5.74) is 4.25. The lowest BCUT2D eigenvalue weighted by Crippen LogP contribution is -2.29. The lowest BCUT2D eigenvalue weighted by molar-refractivity contribution is 0.0600. The van der Waals surface area contributed by atoms with Gasteiger partial charge in [-0.15, -0.1) is 0 Å². The van der Waals surface area contributed by atoms with Crippen LogP contribution in [0.5, 0.6) is 0 Å². The number of benzene rings is 3. The van der Waals surface area contributed by atoms with Crippen molar-refractivity contribution in [3.8, 4) is 0 Å². The quantitative estimate of drug-likeness (QED) is 0.490. The summed E-state index contributed by atoms with van der Waals surface area (Å²) in [5, 5.41) is 6.34. The third-order valence-electron chi connectivity index (χ3n) is 5.94. The minimum Gasteiger partial charge on any atom is -0.465 e. The largest absolute Gasteiger partial charge is 0.465 e. The van der Waals surface area contributed by atoms with Gasteiger partial charge < -0.3 is 10.1 Å². The number of nitrogens with one attached hydrogen (secondary N) is 1. The highest BCUT2D eigenvalue weighted by Gasteiger charge is 2.38. The zero-order chi connectivity index (χ0) is 18.4. The van der Waals surface area contributed by atoms with Crippen molar-refractivity contribution in [3.63, 3.8) is 0 Å². The maximum atomic E-state index is 12.0. The molecule has 3 nitrogen and oxygen atoms in total. The summed E-state index contributed by atoms with van der Waals surface area (Å²) in [6.45, 7) is 0. The van der Waals surface area contributed by atoms with Gasteiger partial charge in [0.2, 0.25) is 0 Å². The van der Waals surface area contributed by atoms with Crippen LogP contribution in [0.4, 0.5) is 5.69 Å². The van der Waals surface area contributed by atoms with E-state index in [9.17, 15) is 4.79 Å². The van der Waals surface area contributed by atoms with E-state index in [0.717, 1.165) is 12.1 Å². The highest BCUT2D eigenvalue weighted by molar-refractivity contribution is 5.91. The second-order valence-electron chi connectivity index (χ2n) is 7.34. The van der Waals surface area contributed by atoms with Crippen LogP contribution >= 0.6 is 0 Å². The van der Waals surface area contributed by atoms with Crippen LogP contribution in [0.25, 0.3) is 10.8 Å². The van der Waals surface area contributed by atoms with Crippen LogP contribution in [0.2, 0.25) is 0 Å². The second kappa shape index (κ2) is 6.27. The van der Waals surface area contributed by atoms with Crippen molar-refractivity contribution in [2.75, 3.05) is 12.4 Å². The number of hydrogen-bond donors (Lipinski definition) is 1. The minimum absolute atomic E-state index is 0.243. The number of hydrogen-bond acceptors (Lipinski definition) is 3. The Bertz CT molecular complexity index is 1060. The van der Waals surface area contributed by atoms with E-state index in [1.807, 2.05) is 18.2 Å². The Morgan fingerprint density at radius 1 is 1.04 bits per heavy atom. The Labute approximate surface area is 158 Å². The van der Waals surface area contributed by atoms with Gasteiger partial charge >= 0.3 is 5.97 Å². The minimum atomic E-state index is -0.285. The standard InChI is InChI=1S/C24H21NO2/c1-27-24(26)16-12-13-22-21(14-16)18-9-5-11-20(18)23(25-22)19-10-4-7-15-6-2-3-8-17(15)19/h2-10,12-14,18,20,23,25H,11H2,1H3/t18-,20+,23+/m0/s1. The number of anilines is 1. The first kappa shape index (κ1) is 16.1. The van der Waals surface area contributed by atoms with Crippen LogP contribution < -0.4 is 5.32 Å². The van der Waals surface area contributed by atoms with Gasteiger partial charge in [-0.3, -0.25) is 0 Å². The van der Waals surface area contributed by atoms with Gasteiger partial charge in [0.05, 0.1) is 18.7 Å². The van der Waals surface area contributed by atoms with Crippen LogP contribution in [-0.4, -0.2) is 13.1 Å². The van der Waals surface area contributed by atoms with Gasteiger partial charge in [0.25, 0.3) is 0 Å². The number of esters is 1. The number of rotatable bonds is 2. The number of carbonyl (C=O) groups excluding carboxylic acids is 1. The molecule has 0 amide bonds. The fraction of sp³-hybridized carbons (Fsp3) is 0.208. The average molecular weight is 355 g/mol. The van der Waals surface area contributed by atoms with Gasteiger partial charge in [0.15, 0.2) is 0 Å². The number of allylic oxidation sites excluding steroid dienone is 2. The highest BCUT2D eigenvalue weighted by Crippen LogP contribution is 2.50. The molecular formula is C24H21NO2. The molecular weight excluding hydrogens is 334 g/mol. The SMILES string of the molecule is COC(=O)c1ccc2c(c1)[C@H]1C=CC[C@H]1[C@@H](c1cccc3ccccc13)N2. The van der Waals surface area contributed by atoms with Crippen LogP contribution in [0, 0.1) is 5.92 Å². The topological polar surface area (TPSA) is 38.3 Å². The Morgan fingerprint density at radius 3 is 2.78 bits per heavy atom. The molecule has 3 aromatic rings. The van der Waals surface area contributed by atoms with E-state index in [1.165, 1.54) is 29.0 Å². The first-order valence-corrected chi connectivity index (χ1v) is 9.39. The van der Waals surface area contributed by atoms with Gasteiger partial charge in [-0.1, -0.05) is 54.6 Å². The molecule has 2 aliphatic rings. The molecule has 0 spiro atoms. The van der Waals surface area contributed by atoms with Crippen molar-refractivity contribution in [3.05, 3.63) is 89.5 Å². The van der Waals surface area contributed by atoms with E-state index in [2.05, 4.69) is 59.9 Å². The van der Waals surface area contributed by atoms with Crippen molar-refractivity contribution >= 4 is 22.4 Å². The summed E-state index contributed by atoms with van der Waals surface area (Å²) in [7, 11) is 1.43. The summed E-state index contributed by atoms with van der Waals surface area (Å²) < 4.78 is 4.90. The molecule has 0 fully saturated rings. The number of ether oxygens (including phenoxy) is 1. The monoisotopic (exact) mass is 355 g/mol. The fourth-order valence-corrected chi connectivity index (χ4v) is 4.67. The average Bonchev–Trinajstić information content (AvgIpc) is 3.22. The van der Waals surface area contributed by atoms with Crippen LogP contribution in [-0.2, 0) is 4.74 Å². The normalized spacial score (nSPS) is 22.8. The molecule has 27 heavy (non-hydrogen) atoms. The van der Waals surface area contributed by atoms with E-state index in [4.69, 9.17) is 4.74 Å². The highest BCUT2D eigenvalue weighted by atomic mass is 16.5. The molecule has 1 aliphatic heterocycles. The van der Waals surface area contributed by atoms with Gasteiger partial charge in [-0.2, -0.15) is 0 Å². The predicted molar refractivity (Wildman–Crippen MR) is 108 cm³/mol. The van der Waals surface area contributed by atoms with E-state index in [1.54, 1.807) is 0 Å². The Kier molecular flexibility index (Phi) is 3.75. The lowest BCUT2D eigenvalue weighted by atomic mass is 9.76. The van der Waals surface area contributed by atoms with Gasteiger partial charge in [-0.25, -0.2) is 4.79 Å².